The smallest absolute Gasteiger partial charge is 0.0620 e. The Morgan fingerprint density at radius 3 is 1.77 bits per heavy atom. The van der Waals surface area contributed by atoms with E-state index in [0.29, 0.717) is 5.92 Å². The molecule has 1 atom stereocenters. The number of hydrogen-bond acceptors (Lipinski definition) is 2. The highest BCUT2D eigenvalue weighted by molar-refractivity contribution is 6.15. The van der Waals surface area contributed by atoms with Crippen LogP contribution in [-0.4, -0.2) is 4.57 Å². The summed E-state index contributed by atoms with van der Waals surface area (Å²) in [7, 11) is 0. The number of aromatic nitrogens is 1. The Labute approximate surface area is 375 Å². The van der Waals surface area contributed by atoms with Crippen molar-refractivity contribution in [1.82, 2.24) is 4.57 Å². The summed E-state index contributed by atoms with van der Waals surface area (Å²) in [6.45, 7) is 2.27. The van der Waals surface area contributed by atoms with E-state index in [1.165, 1.54) is 60.9 Å². The lowest BCUT2D eigenvalue weighted by Crippen LogP contribution is -2.07. The summed E-state index contributed by atoms with van der Waals surface area (Å²) in [6, 6.07) is 78.9. The van der Waals surface area contributed by atoms with Crippen LogP contribution in [-0.2, 0) is 0 Å². The van der Waals surface area contributed by atoms with E-state index in [0.717, 1.165) is 51.4 Å². The maximum atomic E-state index is 3.84. The van der Waals surface area contributed by atoms with Crippen molar-refractivity contribution in [2.75, 3.05) is 10.6 Å². The molecule has 0 fully saturated rings. The molecule has 3 heteroatoms. The largest absolute Gasteiger partial charge is 0.358 e. The zero-order valence-corrected chi connectivity index (χ0v) is 35.7. The van der Waals surface area contributed by atoms with Gasteiger partial charge in [0.15, 0.2) is 0 Å². The fourth-order valence-corrected chi connectivity index (χ4v) is 9.36. The summed E-state index contributed by atoms with van der Waals surface area (Å²) >= 11 is 0. The zero-order valence-electron chi connectivity index (χ0n) is 35.7. The summed E-state index contributed by atoms with van der Waals surface area (Å²) < 4.78 is 2.46. The highest BCUT2D eigenvalue weighted by Crippen LogP contribution is 2.43. The van der Waals surface area contributed by atoms with E-state index in [9.17, 15) is 0 Å². The molecule has 0 saturated carbocycles. The number of hydrogen-bond donors (Lipinski definition) is 2. The van der Waals surface area contributed by atoms with Gasteiger partial charge in [-0.25, -0.2) is 0 Å². The number of anilines is 3. The molecule has 2 N–H and O–H groups in total. The van der Waals surface area contributed by atoms with Crippen molar-refractivity contribution in [3.05, 3.63) is 242 Å². The van der Waals surface area contributed by atoms with E-state index < -0.39 is 0 Å². The monoisotopic (exact) mass is 821 g/mol. The molecule has 0 saturated heterocycles. The molecule has 1 aliphatic rings. The molecule has 1 aliphatic carbocycles. The molecule has 64 heavy (non-hydrogen) atoms. The van der Waals surface area contributed by atoms with Crippen molar-refractivity contribution < 1.29 is 0 Å². The Morgan fingerprint density at radius 2 is 1.00 bits per heavy atom. The molecule has 0 aliphatic heterocycles. The van der Waals surface area contributed by atoms with Crippen molar-refractivity contribution in [3.8, 4) is 61.3 Å². The van der Waals surface area contributed by atoms with Gasteiger partial charge in [0.25, 0.3) is 0 Å². The van der Waals surface area contributed by atoms with Gasteiger partial charge in [-0.1, -0.05) is 183 Å². The molecule has 1 heterocycles. The highest BCUT2D eigenvalue weighted by atomic mass is 15.0. The van der Waals surface area contributed by atoms with E-state index in [4.69, 9.17) is 0 Å². The van der Waals surface area contributed by atoms with Gasteiger partial charge in [-0.15, -0.1) is 0 Å². The molecule has 0 amide bonds. The van der Waals surface area contributed by atoms with Gasteiger partial charge in [-0.3, -0.25) is 0 Å². The molecule has 9 aromatic carbocycles. The fourth-order valence-electron chi connectivity index (χ4n) is 9.36. The quantitative estimate of drug-likeness (QED) is 0.144. The maximum Gasteiger partial charge on any atom is 0.0620 e. The molecule has 3 nitrogen and oxygen atoms in total. The van der Waals surface area contributed by atoms with Crippen LogP contribution < -0.4 is 10.6 Å². The van der Waals surface area contributed by atoms with E-state index in [-0.39, 0.29) is 0 Å². The van der Waals surface area contributed by atoms with Crippen LogP contribution in [0.1, 0.15) is 13.3 Å². The summed E-state index contributed by atoms with van der Waals surface area (Å²) in [6.07, 6.45) is 7.63. The van der Waals surface area contributed by atoms with E-state index in [1.54, 1.807) is 0 Å². The van der Waals surface area contributed by atoms with Crippen LogP contribution in [0, 0.1) is 5.92 Å². The minimum absolute atomic E-state index is 0.493. The SMILES string of the molecule is CC1C=CC=C(Nc2ccccc2-c2cccc3c4cc(-c5ccc(Nc6cccc(-c7ccccc7)c6)c(-c6ccccc6)c5)ccc4n(-c4ccc(-c5ccccc5)cc4)c23)C1. The predicted molar refractivity (Wildman–Crippen MR) is 272 cm³/mol. The first-order chi connectivity index (χ1) is 31.6. The summed E-state index contributed by atoms with van der Waals surface area (Å²) in [5.74, 6) is 0.493. The van der Waals surface area contributed by atoms with Gasteiger partial charge in [0, 0.05) is 55.9 Å². The minimum atomic E-state index is 0.493. The third kappa shape index (κ3) is 7.58. The molecule has 0 radical (unpaired) electrons. The van der Waals surface area contributed by atoms with Crippen LogP contribution in [0.5, 0.6) is 0 Å². The Kier molecular flexibility index (Phi) is 10.3. The van der Waals surface area contributed by atoms with Gasteiger partial charge < -0.3 is 15.2 Å². The average molecular weight is 822 g/mol. The molecule has 1 aromatic heterocycles. The van der Waals surface area contributed by atoms with E-state index in [1.807, 2.05) is 0 Å². The van der Waals surface area contributed by atoms with Crippen LogP contribution >= 0.6 is 0 Å². The van der Waals surface area contributed by atoms with E-state index >= 15 is 0 Å². The fraction of sp³-hybridized carbons (Fsp3) is 0.0492. The zero-order chi connectivity index (χ0) is 42.8. The lowest BCUT2D eigenvalue weighted by atomic mass is 9.95. The second-order valence-corrected chi connectivity index (χ2v) is 16.8. The number of fused-ring (bicyclic) bond motifs is 3. The van der Waals surface area contributed by atoms with Crippen molar-refractivity contribution >= 4 is 38.9 Å². The Balaban J connectivity index is 1.05. The summed E-state index contributed by atoms with van der Waals surface area (Å²) in [5, 5.41) is 10.0. The van der Waals surface area contributed by atoms with Crippen molar-refractivity contribution in [3.63, 3.8) is 0 Å². The lowest BCUT2D eigenvalue weighted by Gasteiger charge is -2.20. The van der Waals surface area contributed by atoms with Crippen LogP contribution in [0.3, 0.4) is 0 Å². The van der Waals surface area contributed by atoms with Gasteiger partial charge in [0.1, 0.15) is 0 Å². The Bertz CT molecular complexity index is 3340. The van der Waals surface area contributed by atoms with E-state index in [2.05, 4.69) is 259 Å². The topological polar surface area (TPSA) is 29.0 Å². The molecule has 1 unspecified atom stereocenters. The molecule has 306 valence electrons. The summed E-state index contributed by atoms with van der Waals surface area (Å²) in [4.78, 5) is 0. The van der Waals surface area contributed by atoms with Gasteiger partial charge >= 0.3 is 0 Å². The van der Waals surface area contributed by atoms with Gasteiger partial charge in [-0.05, 0) is 112 Å². The lowest BCUT2D eigenvalue weighted by molar-refractivity contribution is 0.710. The third-order valence-electron chi connectivity index (χ3n) is 12.5. The highest BCUT2D eigenvalue weighted by Gasteiger charge is 2.20. The van der Waals surface area contributed by atoms with Crippen LogP contribution in [0.15, 0.2) is 242 Å². The van der Waals surface area contributed by atoms with Crippen LogP contribution in [0.2, 0.25) is 0 Å². The maximum absolute atomic E-state index is 3.84. The number of rotatable bonds is 10. The second kappa shape index (κ2) is 17.0. The van der Waals surface area contributed by atoms with Gasteiger partial charge in [0.2, 0.25) is 0 Å². The predicted octanol–water partition coefficient (Wildman–Crippen LogP) is 16.8. The average Bonchev–Trinajstić information content (AvgIpc) is 3.69. The number of para-hydroxylation sites is 2. The number of nitrogens with one attached hydrogen (secondary N) is 2. The first kappa shape index (κ1) is 38.8. The number of nitrogens with zero attached hydrogens (tertiary/aromatic N) is 1. The first-order valence-corrected chi connectivity index (χ1v) is 22.2. The Morgan fingerprint density at radius 1 is 0.422 bits per heavy atom. The Hall–Kier alpha value is -8.14. The van der Waals surface area contributed by atoms with Gasteiger partial charge in [-0.2, -0.15) is 0 Å². The molecule has 10 aromatic rings. The van der Waals surface area contributed by atoms with Crippen molar-refractivity contribution in [1.29, 1.82) is 0 Å². The molecular weight excluding hydrogens is 775 g/mol. The van der Waals surface area contributed by atoms with Crippen LogP contribution in [0.4, 0.5) is 17.1 Å². The van der Waals surface area contributed by atoms with Crippen LogP contribution in [0.25, 0.3) is 83.1 Å². The standard InChI is InChI=1S/C61H47N3/c1-42-16-13-24-50(38-42)62-58-29-12-11-26-53(58)54-27-15-28-55-57-41-49(33-37-60(57)64(61(54)55)52-34-30-45(31-35-52)43-17-5-2-6-18-43)48-32-36-59(56(40-48)46-21-9-4-10-22-46)63-51-25-14-23-47(39-51)44-19-7-3-8-20-44/h2-37,39-42,62-63H,38H2,1H3. The normalized spacial score (nSPS) is 13.5. The minimum Gasteiger partial charge on any atom is -0.358 e. The van der Waals surface area contributed by atoms with Crippen molar-refractivity contribution in [2.24, 2.45) is 5.92 Å². The second-order valence-electron chi connectivity index (χ2n) is 16.8. The molecule has 0 bridgehead atoms. The van der Waals surface area contributed by atoms with Crippen molar-refractivity contribution in [2.45, 2.75) is 13.3 Å². The number of allylic oxidation sites excluding steroid dienone is 4. The molecule has 0 spiro atoms. The third-order valence-corrected chi connectivity index (χ3v) is 12.5. The first-order valence-electron chi connectivity index (χ1n) is 22.2. The molecular formula is C61H47N3. The number of benzene rings is 9. The summed E-state index contributed by atoms with van der Waals surface area (Å²) in [5.41, 5.74) is 19.7. The molecule has 11 rings (SSSR count). The van der Waals surface area contributed by atoms with Gasteiger partial charge in [0.05, 0.1) is 11.0 Å².